The van der Waals surface area contributed by atoms with Crippen molar-refractivity contribution in [3.05, 3.63) is 84.1 Å². The molecule has 2 aromatic heterocycles. The number of hydrogen-bond acceptors (Lipinski definition) is 5. The summed E-state index contributed by atoms with van der Waals surface area (Å²) in [7, 11) is -1.40. The minimum atomic E-state index is -1.40. The fourth-order valence-corrected chi connectivity index (χ4v) is 8.02. The van der Waals surface area contributed by atoms with Crippen LogP contribution in [0.5, 0.6) is 0 Å². The molecule has 0 unspecified atom stereocenters. The van der Waals surface area contributed by atoms with Crippen LogP contribution in [0.15, 0.2) is 67.1 Å². The van der Waals surface area contributed by atoms with E-state index in [2.05, 4.69) is 52.9 Å². The molecule has 0 bridgehead atoms. The van der Waals surface area contributed by atoms with Gasteiger partial charge in [0.05, 0.1) is 6.42 Å². The molecule has 0 aliphatic rings. The number of urea groups is 1. The quantitative estimate of drug-likeness (QED) is 0.222. The molecule has 3 N–H and O–H groups in total. The second kappa shape index (κ2) is 12.1. The van der Waals surface area contributed by atoms with Crippen LogP contribution >= 0.6 is 7.26 Å². The zero-order chi connectivity index (χ0) is 27.1. The third-order valence-corrected chi connectivity index (χ3v) is 12.9. The molecule has 0 saturated heterocycles. The van der Waals surface area contributed by atoms with Gasteiger partial charge in [0.1, 0.15) is 5.82 Å². The van der Waals surface area contributed by atoms with Gasteiger partial charge in [0.2, 0.25) is 5.91 Å². The molecule has 2 aromatic carbocycles. The number of rotatable bonds is 10. The molecule has 0 aliphatic heterocycles. The summed E-state index contributed by atoms with van der Waals surface area (Å²) < 4.78 is 14.9. The molecule has 4 aromatic rings. The monoisotopic (exact) mass is 536 g/mol. The van der Waals surface area contributed by atoms with Gasteiger partial charge in [0.25, 0.3) is 0 Å². The molecule has 8 nitrogen and oxygen atoms in total. The summed E-state index contributed by atoms with van der Waals surface area (Å²) in [6.07, 6.45) is 8.32. The predicted molar refractivity (Wildman–Crippen MR) is 154 cm³/mol. The van der Waals surface area contributed by atoms with E-state index in [0.29, 0.717) is 11.3 Å². The predicted octanol–water partition coefficient (Wildman–Crippen LogP) is 5.81. The Morgan fingerprint density at radius 1 is 0.921 bits per heavy atom. The molecule has 0 atom stereocenters. The van der Waals surface area contributed by atoms with E-state index in [-0.39, 0.29) is 12.2 Å². The van der Waals surface area contributed by atoms with Crippen LogP contribution in [-0.4, -0.2) is 45.0 Å². The minimum absolute atomic E-state index is 0.0237. The van der Waals surface area contributed by atoms with Crippen molar-refractivity contribution < 1.29 is 14.0 Å². The Morgan fingerprint density at radius 2 is 1.58 bits per heavy atom. The van der Waals surface area contributed by atoms with E-state index in [0.717, 1.165) is 23.2 Å². The van der Waals surface area contributed by atoms with Gasteiger partial charge in [-0.15, -0.1) is 0 Å². The van der Waals surface area contributed by atoms with Gasteiger partial charge < -0.3 is 0 Å². The molecule has 0 saturated carbocycles. The molecule has 3 amide bonds. The number of benzene rings is 2. The Morgan fingerprint density at radius 3 is 2.24 bits per heavy atom. The SMILES string of the molecule is CC[PH](CC)(CC)Cc1ccn2ncnc(Nc3ccc(NC(=O)NC(=O)Cc4ccc(F)cc4)cc3)c12. The Labute approximate surface area is 222 Å². The standard InChI is InChI=1S/C28H34FN6O2P/c1-4-38(5-2,6-3)18-21-15-16-35-26(21)27(30-19-31-35)32-23-11-13-24(14-12-23)33-28(37)34-25(36)17-20-7-9-22(29)10-8-20/h7-16,19,38H,4-6,17-18H2,1-3H3,(H,30,31,32)(H2,33,34,36,37). The summed E-state index contributed by atoms with van der Waals surface area (Å²) in [5.41, 5.74) is 4.21. The number of fused-ring (bicyclic) bond motifs is 1. The van der Waals surface area contributed by atoms with Crippen LogP contribution in [0.3, 0.4) is 0 Å². The summed E-state index contributed by atoms with van der Waals surface area (Å²) >= 11 is 0. The summed E-state index contributed by atoms with van der Waals surface area (Å²) in [5.74, 6) is -0.128. The molecule has 2 heterocycles. The van der Waals surface area contributed by atoms with Crippen molar-refractivity contribution in [3.63, 3.8) is 0 Å². The number of anilines is 3. The van der Waals surface area contributed by atoms with Crippen LogP contribution in [0.2, 0.25) is 0 Å². The van der Waals surface area contributed by atoms with Crippen molar-refractivity contribution in [2.45, 2.75) is 33.4 Å². The van der Waals surface area contributed by atoms with E-state index in [9.17, 15) is 14.0 Å². The van der Waals surface area contributed by atoms with Crippen molar-refractivity contribution in [2.24, 2.45) is 0 Å². The summed E-state index contributed by atoms with van der Waals surface area (Å²) in [6, 6.07) is 14.2. The maximum absolute atomic E-state index is 13.0. The van der Waals surface area contributed by atoms with Crippen molar-refractivity contribution in [1.82, 2.24) is 19.9 Å². The van der Waals surface area contributed by atoms with Crippen LogP contribution in [0.25, 0.3) is 5.52 Å². The first-order valence-electron chi connectivity index (χ1n) is 12.9. The van der Waals surface area contributed by atoms with Crippen molar-refractivity contribution in [1.29, 1.82) is 0 Å². The van der Waals surface area contributed by atoms with Crippen molar-refractivity contribution >= 4 is 41.9 Å². The van der Waals surface area contributed by atoms with Gasteiger partial charge >= 0.3 is 165 Å². The summed E-state index contributed by atoms with van der Waals surface area (Å²) in [5, 5.41) is 12.7. The normalized spacial score (nSPS) is 11.8. The number of halogens is 1. The fraction of sp³-hybridized carbons (Fsp3) is 0.286. The molecular weight excluding hydrogens is 502 g/mol. The first-order valence-corrected chi connectivity index (χ1v) is 15.7. The Bertz CT molecular complexity index is 1390. The number of nitrogens with zero attached hydrogens (tertiary/aromatic N) is 3. The zero-order valence-corrected chi connectivity index (χ0v) is 22.9. The van der Waals surface area contributed by atoms with Gasteiger partial charge in [0, 0.05) is 0 Å². The molecule has 0 spiro atoms. The van der Waals surface area contributed by atoms with Crippen LogP contribution in [0.4, 0.5) is 26.4 Å². The average molecular weight is 537 g/mol. The number of imide groups is 1. The summed E-state index contributed by atoms with van der Waals surface area (Å²) in [6.45, 7) is 6.93. The van der Waals surface area contributed by atoms with Crippen LogP contribution in [-0.2, 0) is 17.4 Å². The summed E-state index contributed by atoms with van der Waals surface area (Å²) in [4.78, 5) is 28.9. The Balaban J connectivity index is 1.41. The Hall–Kier alpha value is -3.84. The van der Waals surface area contributed by atoms with Crippen molar-refractivity contribution in [3.8, 4) is 0 Å². The number of hydrogen-bond donors (Lipinski definition) is 3. The van der Waals surface area contributed by atoms with E-state index < -0.39 is 19.2 Å². The van der Waals surface area contributed by atoms with E-state index in [1.165, 1.54) is 54.6 Å². The average Bonchev–Trinajstić information content (AvgIpc) is 3.33. The zero-order valence-electron chi connectivity index (χ0n) is 21.9. The van der Waals surface area contributed by atoms with Gasteiger partial charge in [-0.3, -0.25) is 4.79 Å². The first-order chi connectivity index (χ1) is 18.3. The van der Waals surface area contributed by atoms with Crippen LogP contribution < -0.4 is 16.0 Å². The number of carbonyl (C=O) groups is 2. The second-order valence-corrected chi connectivity index (χ2v) is 15.0. The fourth-order valence-electron chi connectivity index (χ4n) is 4.68. The van der Waals surface area contributed by atoms with Gasteiger partial charge in [0.15, 0.2) is 0 Å². The topological polar surface area (TPSA) is 100 Å². The number of aromatic nitrogens is 3. The second-order valence-electron chi connectivity index (χ2n) is 9.49. The van der Waals surface area contributed by atoms with Gasteiger partial charge in [-0.2, -0.15) is 0 Å². The van der Waals surface area contributed by atoms with Gasteiger partial charge in [-0.1, -0.05) is 12.1 Å². The number of amides is 3. The number of carbonyl (C=O) groups excluding carboxylic acids is 2. The molecule has 0 fully saturated rings. The molecule has 200 valence electrons. The maximum atomic E-state index is 13.0. The van der Waals surface area contributed by atoms with E-state index in [4.69, 9.17) is 0 Å². The third-order valence-electron chi connectivity index (χ3n) is 7.29. The van der Waals surface area contributed by atoms with Gasteiger partial charge in [-0.05, 0) is 17.7 Å². The molecule has 38 heavy (non-hydrogen) atoms. The third kappa shape index (κ3) is 6.53. The van der Waals surface area contributed by atoms with Crippen LogP contribution in [0.1, 0.15) is 31.9 Å². The molecule has 0 aliphatic carbocycles. The van der Waals surface area contributed by atoms with E-state index >= 15 is 0 Å². The molecule has 4 rings (SSSR count). The van der Waals surface area contributed by atoms with E-state index in [1.54, 1.807) is 12.1 Å². The molecule has 10 heteroatoms. The van der Waals surface area contributed by atoms with E-state index in [1.807, 2.05) is 22.8 Å². The molecular formula is C28H34FN6O2P. The number of nitrogens with one attached hydrogen (secondary N) is 3. The van der Waals surface area contributed by atoms with Gasteiger partial charge in [-0.25, -0.2) is 4.39 Å². The molecule has 0 radical (unpaired) electrons. The Kier molecular flexibility index (Phi) is 8.69. The van der Waals surface area contributed by atoms with Crippen LogP contribution in [0, 0.1) is 5.82 Å². The van der Waals surface area contributed by atoms with Crippen molar-refractivity contribution in [2.75, 3.05) is 29.1 Å². The first kappa shape index (κ1) is 27.2.